The Balaban J connectivity index is 4.34. The fourth-order valence-electron chi connectivity index (χ4n) is 1.58. The molecular formula is C13H25N3O4. The second-order valence-electron chi connectivity index (χ2n) is 5.06. The third-order valence-corrected chi connectivity index (χ3v) is 2.62. The van der Waals surface area contributed by atoms with Crippen LogP contribution in [0.15, 0.2) is 0 Å². The van der Waals surface area contributed by atoms with Crippen LogP contribution in [0.5, 0.6) is 0 Å². The normalized spacial score (nSPS) is 11.8. The Bertz CT molecular complexity index is 345. The van der Waals surface area contributed by atoms with Crippen molar-refractivity contribution >= 4 is 17.9 Å². The molecule has 0 radical (unpaired) electrons. The van der Waals surface area contributed by atoms with E-state index in [9.17, 15) is 14.4 Å². The number of hydrogen-bond donors (Lipinski definition) is 3. The Kier molecular flexibility index (Phi) is 8.35. The second-order valence-corrected chi connectivity index (χ2v) is 5.06. The number of aliphatic carboxylic acids is 1. The molecule has 7 heteroatoms. The molecule has 0 aliphatic rings. The van der Waals surface area contributed by atoms with Crippen molar-refractivity contribution in [3.63, 3.8) is 0 Å². The summed E-state index contributed by atoms with van der Waals surface area (Å²) in [5.41, 5.74) is 0. The van der Waals surface area contributed by atoms with Gasteiger partial charge in [-0.3, -0.25) is 4.79 Å². The van der Waals surface area contributed by atoms with Crippen LogP contribution in [-0.4, -0.2) is 53.6 Å². The molecule has 0 aliphatic carbocycles. The number of likely N-dealkylation sites (N-methyl/N-ethyl adjacent to an activating group) is 1. The van der Waals surface area contributed by atoms with Crippen molar-refractivity contribution in [3.05, 3.63) is 0 Å². The van der Waals surface area contributed by atoms with Crippen molar-refractivity contribution in [3.8, 4) is 0 Å². The van der Waals surface area contributed by atoms with Crippen LogP contribution < -0.4 is 10.6 Å². The van der Waals surface area contributed by atoms with Gasteiger partial charge in [-0.05, 0) is 20.3 Å². The molecule has 0 heterocycles. The average Bonchev–Trinajstić information content (AvgIpc) is 2.32. The van der Waals surface area contributed by atoms with Crippen LogP contribution in [0.1, 0.15) is 40.0 Å². The van der Waals surface area contributed by atoms with Gasteiger partial charge in [0.2, 0.25) is 5.91 Å². The van der Waals surface area contributed by atoms with Crippen LogP contribution in [0.3, 0.4) is 0 Å². The van der Waals surface area contributed by atoms with E-state index in [1.807, 2.05) is 20.8 Å². The Morgan fingerprint density at radius 2 is 1.80 bits per heavy atom. The molecule has 0 aromatic carbocycles. The second kappa shape index (κ2) is 9.17. The molecule has 1 atom stereocenters. The molecular weight excluding hydrogens is 262 g/mol. The lowest BCUT2D eigenvalue weighted by Gasteiger charge is -2.21. The number of hydrogen-bond acceptors (Lipinski definition) is 3. The number of carbonyl (C=O) groups excluding carboxylic acids is 2. The first kappa shape index (κ1) is 18.2. The van der Waals surface area contributed by atoms with Gasteiger partial charge in [0.25, 0.3) is 0 Å². The van der Waals surface area contributed by atoms with Crippen LogP contribution >= 0.6 is 0 Å². The fraction of sp³-hybridized carbons (Fsp3) is 0.769. The lowest BCUT2D eigenvalue weighted by atomic mass is 10.1. The Hall–Kier alpha value is -1.79. The maximum atomic E-state index is 11.8. The van der Waals surface area contributed by atoms with Crippen molar-refractivity contribution in [1.82, 2.24) is 15.5 Å². The number of urea groups is 1. The van der Waals surface area contributed by atoms with Crippen LogP contribution in [0.4, 0.5) is 4.79 Å². The average molecular weight is 287 g/mol. The molecule has 0 bridgehead atoms. The highest BCUT2D eigenvalue weighted by Gasteiger charge is 2.22. The SMILES string of the molecule is CCCCC(NC(=O)N(C)CC(=O)NC(C)C)C(=O)O. The minimum atomic E-state index is -1.06. The number of carboxylic acids is 1. The Morgan fingerprint density at radius 3 is 2.25 bits per heavy atom. The predicted octanol–water partition coefficient (Wildman–Crippen LogP) is 0.796. The minimum Gasteiger partial charge on any atom is -0.480 e. The first-order valence-corrected chi connectivity index (χ1v) is 6.81. The Morgan fingerprint density at radius 1 is 1.20 bits per heavy atom. The molecule has 3 amide bonds. The lowest BCUT2D eigenvalue weighted by molar-refractivity contribution is -0.139. The van der Waals surface area contributed by atoms with E-state index in [1.54, 1.807) is 0 Å². The van der Waals surface area contributed by atoms with Crippen molar-refractivity contribution in [1.29, 1.82) is 0 Å². The van der Waals surface area contributed by atoms with Gasteiger partial charge < -0.3 is 20.6 Å². The van der Waals surface area contributed by atoms with Crippen LogP contribution in [0, 0.1) is 0 Å². The number of amides is 3. The number of nitrogens with one attached hydrogen (secondary N) is 2. The summed E-state index contributed by atoms with van der Waals surface area (Å²) in [5, 5.41) is 14.1. The van der Waals surface area contributed by atoms with Gasteiger partial charge in [-0.15, -0.1) is 0 Å². The molecule has 0 saturated heterocycles. The van der Waals surface area contributed by atoms with Crippen molar-refractivity contribution in [2.45, 2.75) is 52.1 Å². The molecule has 3 N–H and O–H groups in total. The van der Waals surface area contributed by atoms with Crippen molar-refractivity contribution in [2.24, 2.45) is 0 Å². The topological polar surface area (TPSA) is 98.7 Å². The van der Waals surface area contributed by atoms with E-state index < -0.39 is 18.0 Å². The summed E-state index contributed by atoms with van der Waals surface area (Å²) in [7, 11) is 1.45. The highest BCUT2D eigenvalue weighted by molar-refractivity contribution is 5.86. The van der Waals surface area contributed by atoms with E-state index in [0.717, 1.165) is 12.8 Å². The van der Waals surface area contributed by atoms with Gasteiger partial charge in [0.05, 0.1) is 0 Å². The van der Waals surface area contributed by atoms with Crippen LogP contribution in [0.25, 0.3) is 0 Å². The first-order valence-electron chi connectivity index (χ1n) is 6.81. The van der Waals surface area contributed by atoms with E-state index in [0.29, 0.717) is 6.42 Å². The summed E-state index contributed by atoms with van der Waals surface area (Å²) >= 11 is 0. The molecule has 7 nitrogen and oxygen atoms in total. The summed E-state index contributed by atoms with van der Waals surface area (Å²) in [4.78, 5) is 35.5. The Labute approximate surface area is 119 Å². The predicted molar refractivity (Wildman–Crippen MR) is 75.4 cm³/mol. The van der Waals surface area contributed by atoms with Crippen molar-refractivity contribution in [2.75, 3.05) is 13.6 Å². The van der Waals surface area contributed by atoms with Gasteiger partial charge in [-0.2, -0.15) is 0 Å². The number of carbonyl (C=O) groups is 3. The highest BCUT2D eigenvalue weighted by Crippen LogP contribution is 2.01. The molecule has 0 fully saturated rings. The zero-order valence-corrected chi connectivity index (χ0v) is 12.6. The van der Waals surface area contributed by atoms with E-state index in [2.05, 4.69) is 10.6 Å². The molecule has 0 aromatic rings. The number of carboxylic acid groups (broad SMARTS) is 1. The molecule has 20 heavy (non-hydrogen) atoms. The summed E-state index contributed by atoms with van der Waals surface area (Å²) in [6.07, 6.45) is 1.95. The fourth-order valence-corrected chi connectivity index (χ4v) is 1.58. The van der Waals surface area contributed by atoms with E-state index in [4.69, 9.17) is 5.11 Å². The van der Waals surface area contributed by atoms with Gasteiger partial charge in [-0.25, -0.2) is 9.59 Å². The summed E-state index contributed by atoms with van der Waals surface area (Å²) in [6, 6.07) is -1.49. The maximum Gasteiger partial charge on any atom is 0.326 e. The lowest BCUT2D eigenvalue weighted by Crippen LogP contribution is -2.49. The first-order chi connectivity index (χ1) is 9.27. The molecule has 1 unspecified atom stereocenters. The summed E-state index contributed by atoms with van der Waals surface area (Å²) in [5.74, 6) is -1.34. The quantitative estimate of drug-likeness (QED) is 0.615. The van der Waals surface area contributed by atoms with Gasteiger partial charge in [0, 0.05) is 13.1 Å². The van der Waals surface area contributed by atoms with E-state index in [1.165, 1.54) is 11.9 Å². The molecule has 0 spiro atoms. The smallest absolute Gasteiger partial charge is 0.326 e. The standard InChI is InChI=1S/C13H25N3O4/c1-5-6-7-10(12(18)19)15-13(20)16(4)8-11(17)14-9(2)3/h9-10H,5-8H2,1-4H3,(H,14,17)(H,15,20)(H,18,19). The monoisotopic (exact) mass is 287 g/mol. The largest absolute Gasteiger partial charge is 0.480 e. The number of nitrogens with zero attached hydrogens (tertiary/aromatic N) is 1. The zero-order chi connectivity index (χ0) is 15.7. The van der Waals surface area contributed by atoms with E-state index in [-0.39, 0.29) is 18.5 Å². The maximum absolute atomic E-state index is 11.8. The zero-order valence-electron chi connectivity index (χ0n) is 12.6. The van der Waals surface area contributed by atoms with Gasteiger partial charge in [0.15, 0.2) is 0 Å². The third-order valence-electron chi connectivity index (χ3n) is 2.62. The molecule has 116 valence electrons. The summed E-state index contributed by atoms with van der Waals surface area (Å²) < 4.78 is 0. The van der Waals surface area contributed by atoms with Gasteiger partial charge >= 0.3 is 12.0 Å². The van der Waals surface area contributed by atoms with Gasteiger partial charge in [-0.1, -0.05) is 19.8 Å². The number of rotatable bonds is 8. The highest BCUT2D eigenvalue weighted by atomic mass is 16.4. The van der Waals surface area contributed by atoms with Crippen molar-refractivity contribution < 1.29 is 19.5 Å². The molecule has 0 aromatic heterocycles. The third kappa shape index (κ3) is 7.60. The number of unbranched alkanes of at least 4 members (excludes halogenated alkanes) is 1. The molecule has 0 rings (SSSR count). The van der Waals surface area contributed by atoms with Crippen LogP contribution in [0.2, 0.25) is 0 Å². The molecule has 0 saturated carbocycles. The summed E-state index contributed by atoms with van der Waals surface area (Å²) in [6.45, 7) is 5.49. The minimum absolute atomic E-state index is 0.00437. The van der Waals surface area contributed by atoms with E-state index >= 15 is 0 Å². The van der Waals surface area contributed by atoms with Gasteiger partial charge in [0.1, 0.15) is 12.6 Å². The molecule has 0 aliphatic heterocycles. The van der Waals surface area contributed by atoms with Crippen LogP contribution in [-0.2, 0) is 9.59 Å².